The van der Waals surface area contributed by atoms with Gasteiger partial charge in [-0.15, -0.1) is 45.3 Å². The van der Waals surface area contributed by atoms with Gasteiger partial charge in [0, 0.05) is 40.0 Å². The van der Waals surface area contributed by atoms with E-state index < -0.39 is 0 Å². The second kappa shape index (κ2) is 14.3. The first-order valence-electron chi connectivity index (χ1n) is 17.6. The minimum Gasteiger partial charge on any atom is -0.144 e. The van der Waals surface area contributed by atoms with Gasteiger partial charge in [-0.1, -0.05) is 79.1 Å². The highest BCUT2D eigenvalue weighted by Crippen LogP contribution is 2.49. The van der Waals surface area contributed by atoms with E-state index in [-0.39, 0.29) is 0 Å². The van der Waals surface area contributed by atoms with Crippen molar-refractivity contribution in [2.24, 2.45) is 11.8 Å². The van der Waals surface area contributed by atoms with Crippen molar-refractivity contribution in [3.63, 3.8) is 0 Å². The molecule has 2 atom stereocenters. The molecule has 0 aliphatic heterocycles. The van der Waals surface area contributed by atoms with Crippen molar-refractivity contribution in [3.8, 4) is 20.9 Å². The third-order valence-electron chi connectivity index (χ3n) is 10.1. The van der Waals surface area contributed by atoms with Crippen molar-refractivity contribution in [1.29, 1.82) is 0 Å². The summed E-state index contributed by atoms with van der Waals surface area (Å²) in [5.41, 5.74) is 2.86. The van der Waals surface area contributed by atoms with Crippen LogP contribution >= 0.6 is 45.3 Å². The lowest BCUT2D eigenvalue weighted by Crippen LogP contribution is -2.01. The van der Waals surface area contributed by atoms with Crippen molar-refractivity contribution in [2.45, 2.75) is 91.9 Å². The summed E-state index contributed by atoms with van der Waals surface area (Å²) >= 11 is 7.81. The number of benzene rings is 3. The molecule has 7 rings (SSSR count). The number of unbranched alkanes of at least 4 members (excludes halogenated alkanes) is 2. The van der Waals surface area contributed by atoms with Gasteiger partial charge >= 0.3 is 0 Å². The molecule has 46 heavy (non-hydrogen) atoms. The van der Waals surface area contributed by atoms with Crippen LogP contribution in [-0.2, 0) is 12.8 Å². The Morgan fingerprint density at radius 1 is 0.522 bits per heavy atom. The highest BCUT2D eigenvalue weighted by atomic mass is 32.1. The van der Waals surface area contributed by atoms with Gasteiger partial charge in [-0.3, -0.25) is 0 Å². The third kappa shape index (κ3) is 6.35. The first kappa shape index (κ1) is 32.1. The molecule has 0 aliphatic carbocycles. The Bertz CT molecular complexity index is 1840. The van der Waals surface area contributed by atoms with Crippen LogP contribution in [0.5, 0.6) is 0 Å². The highest BCUT2D eigenvalue weighted by molar-refractivity contribution is 7.18. The summed E-state index contributed by atoms with van der Waals surface area (Å²) in [6, 6.07) is 24.4. The van der Waals surface area contributed by atoms with E-state index >= 15 is 0 Å². The first-order chi connectivity index (χ1) is 22.6. The van der Waals surface area contributed by atoms with E-state index in [9.17, 15) is 0 Å². The normalized spacial score (nSPS) is 13.5. The van der Waals surface area contributed by atoms with Crippen LogP contribution in [0.2, 0.25) is 0 Å². The van der Waals surface area contributed by atoms with Gasteiger partial charge in [-0.2, -0.15) is 0 Å². The van der Waals surface area contributed by atoms with Crippen LogP contribution in [0.1, 0.15) is 88.8 Å². The smallest absolute Gasteiger partial charge is 0.0358 e. The summed E-state index contributed by atoms with van der Waals surface area (Å²) in [7, 11) is 0. The zero-order valence-electron chi connectivity index (χ0n) is 27.8. The van der Waals surface area contributed by atoms with E-state index in [2.05, 4.69) is 99.1 Å². The fourth-order valence-electron chi connectivity index (χ4n) is 7.37. The Balaban J connectivity index is 1.43. The molecule has 0 fully saturated rings. The number of hydrogen-bond donors (Lipinski definition) is 0. The third-order valence-corrected chi connectivity index (χ3v) is 14.2. The lowest BCUT2D eigenvalue weighted by atomic mass is 9.89. The SMILES string of the molecule is CCCCC(CC)Cc1ccc(-c2c3cc4ccsc4cc3c(-c3ccc(CC(CC)CCCC)s3)c3cc4ccsc4cc23)s1. The van der Waals surface area contributed by atoms with Crippen LogP contribution in [-0.4, -0.2) is 0 Å². The molecule has 0 nitrogen and oxygen atoms in total. The molecule has 7 aromatic rings. The molecule has 0 aliphatic rings. The summed E-state index contributed by atoms with van der Waals surface area (Å²) in [6.45, 7) is 9.38. The number of thiophene rings is 4. The van der Waals surface area contributed by atoms with E-state index in [1.54, 1.807) is 0 Å². The quantitative estimate of drug-likeness (QED) is 0.100. The molecular weight excluding hydrogens is 633 g/mol. The molecule has 0 bridgehead atoms. The van der Waals surface area contributed by atoms with Gasteiger partial charge in [0.25, 0.3) is 0 Å². The molecule has 4 heterocycles. The average molecular weight is 679 g/mol. The van der Waals surface area contributed by atoms with Gasteiger partial charge in [0.1, 0.15) is 0 Å². The van der Waals surface area contributed by atoms with E-state index in [0.717, 1.165) is 11.8 Å². The number of hydrogen-bond acceptors (Lipinski definition) is 4. The topological polar surface area (TPSA) is 0 Å². The van der Waals surface area contributed by atoms with Gasteiger partial charge in [-0.05, 0) is 128 Å². The zero-order valence-corrected chi connectivity index (χ0v) is 31.1. The van der Waals surface area contributed by atoms with Crippen molar-refractivity contribution in [2.75, 3.05) is 0 Å². The zero-order chi connectivity index (χ0) is 31.6. The second-order valence-corrected chi connectivity index (χ2v) is 17.5. The summed E-state index contributed by atoms with van der Waals surface area (Å²) in [6.07, 6.45) is 12.9. The van der Waals surface area contributed by atoms with Crippen molar-refractivity contribution < 1.29 is 0 Å². The lowest BCUT2D eigenvalue weighted by molar-refractivity contribution is 0.452. The van der Waals surface area contributed by atoms with E-state index in [1.165, 1.54) is 137 Å². The fraction of sp³-hybridized carbons (Fsp3) is 0.381. The Labute approximate surface area is 291 Å². The predicted molar refractivity (Wildman–Crippen MR) is 213 cm³/mol. The van der Waals surface area contributed by atoms with E-state index in [4.69, 9.17) is 0 Å². The highest BCUT2D eigenvalue weighted by Gasteiger charge is 2.22. The largest absolute Gasteiger partial charge is 0.144 e. The summed E-state index contributed by atoms with van der Waals surface area (Å²) in [5.74, 6) is 1.56. The molecule has 4 heteroatoms. The van der Waals surface area contributed by atoms with E-state index in [0.29, 0.717) is 0 Å². The van der Waals surface area contributed by atoms with Gasteiger partial charge in [-0.25, -0.2) is 0 Å². The Hall–Kier alpha value is -2.50. The Morgan fingerprint density at radius 3 is 1.37 bits per heavy atom. The first-order valence-corrected chi connectivity index (χ1v) is 20.9. The number of rotatable bonds is 14. The van der Waals surface area contributed by atoms with Crippen molar-refractivity contribution >= 4 is 87.1 Å². The van der Waals surface area contributed by atoms with Gasteiger partial charge < -0.3 is 0 Å². The molecular formula is C42H46S4. The van der Waals surface area contributed by atoms with Crippen LogP contribution in [0.15, 0.2) is 71.4 Å². The lowest BCUT2D eigenvalue weighted by Gasteiger charge is -2.17. The average Bonchev–Trinajstić information content (AvgIpc) is 3.90. The molecule has 0 spiro atoms. The molecule has 3 aromatic carbocycles. The predicted octanol–water partition coefficient (Wildman–Crippen LogP) is 15.4. The van der Waals surface area contributed by atoms with Crippen molar-refractivity contribution in [1.82, 2.24) is 0 Å². The summed E-state index contributed by atoms with van der Waals surface area (Å²) in [4.78, 5) is 5.91. The number of fused-ring (bicyclic) bond motifs is 4. The van der Waals surface area contributed by atoms with Crippen LogP contribution in [0.3, 0.4) is 0 Å². The van der Waals surface area contributed by atoms with Crippen LogP contribution in [0, 0.1) is 11.8 Å². The molecule has 4 aromatic heterocycles. The molecule has 0 N–H and O–H groups in total. The molecule has 2 unspecified atom stereocenters. The molecule has 0 amide bonds. The maximum Gasteiger partial charge on any atom is 0.0358 e. The Morgan fingerprint density at radius 2 is 0.957 bits per heavy atom. The summed E-state index contributed by atoms with van der Waals surface area (Å²) < 4.78 is 2.76. The minimum absolute atomic E-state index is 0.779. The van der Waals surface area contributed by atoms with Crippen LogP contribution in [0.4, 0.5) is 0 Å². The van der Waals surface area contributed by atoms with Crippen molar-refractivity contribution in [3.05, 3.63) is 81.2 Å². The molecule has 0 saturated heterocycles. The van der Waals surface area contributed by atoms with Gasteiger partial charge in [0.2, 0.25) is 0 Å². The van der Waals surface area contributed by atoms with Crippen LogP contribution in [0.25, 0.3) is 62.6 Å². The standard InChI is InChI=1S/C42H46S4/c1-5-9-11-27(7-3)21-31-13-15-37(45-31)41-33-23-29-17-19-44-40(29)26-36(33)42(34-24-30-18-20-43-39(30)25-35(34)41)38-16-14-32(46-38)22-28(8-4)12-10-6-2/h13-20,23-28H,5-12,21-22H2,1-4H3. The summed E-state index contributed by atoms with van der Waals surface area (Å²) in [5, 5.41) is 12.8. The Kier molecular flexibility index (Phi) is 9.98. The van der Waals surface area contributed by atoms with Gasteiger partial charge in [0.15, 0.2) is 0 Å². The fourth-order valence-corrected chi connectivity index (χ4v) is 11.4. The molecule has 0 radical (unpaired) electrons. The second-order valence-electron chi connectivity index (χ2n) is 13.2. The van der Waals surface area contributed by atoms with E-state index in [1.807, 2.05) is 45.3 Å². The maximum atomic E-state index is 2.51. The molecule has 0 saturated carbocycles. The van der Waals surface area contributed by atoms with Crippen LogP contribution < -0.4 is 0 Å². The monoisotopic (exact) mass is 678 g/mol. The van der Waals surface area contributed by atoms with Gasteiger partial charge in [0.05, 0.1) is 0 Å². The minimum atomic E-state index is 0.779. The molecule has 238 valence electrons. The maximum absolute atomic E-state index is 2.51.